The molecular formula is C21H25NO4. The minimum atomic E-state index is -0.258. The van der Waals surface area contributed by atoms with Crippen LogP contribution in [0.3, 0.4) is 0 Å². The van der Waals surface area contributed by atoms with Crippen LogP contribution in [0.5, 0.6) is 5.75 Å². The number of ether oxygens (including phenoxy) is 2. The van der Waals surface area contributed by atoms with Crippen molar-refractivity contribution in [1.29, 1.82) is 0 Å². The number of ketones is 1. The molecule has 1 aromatic heterocycles. The van der Waals surface area contributed by atoms with Gasteiger partial charge in [0.1, 0.15) is 5.75 Å². The van der Waals surface area contributed by atoms with Gasteiger partial charge in [-0.25, -0.2) is 0 Å². The molecule has 2 aromatic rings. The summed E-state index contributed by atoms with van der Waals surface area (Å²) < 4.78 is 12.7. The Labute approximate surface area is 153 Å². The minimum Gasteiger partial charge on any atom is -0.494 e. The van der Waals surface area contributed by atoms with Crippen LogP contribution < -0.4 is 4.74 Å². The van der Waals surface area contributed by atoms with E-state index in [0.717, 1.165) is 29.2 Å². The van der Waals surface area contributed by atoms with E-state index in [1.54, 1.807) is 0 Å². The summed E-state index contributed by atoms with van der Waals surface area (Å²) in [4.78, 5) is 24.3. The molecule has 5 heteroatoms. The van der Waals surface area contributed by atoms with Crippen LogP contribution in [0.15, 0.2) is 30.3 Å². The number of carbonyl (C=O) groups is 2. The van der Waals surface area contributed by atoms with Gasteiger partial charge in [0, 0.05) is 22.6 Å². The maximum atomic E-state index is 12.5. The van der Waals surface area contributed by atoms with Gasteiger partial charge >= 0.3 is 5.97 Å². The van der Waals surface area contributed by atoms with Gasteiger partial charge in [0.25, 0.3) is 0 Å². The number of hydrogen-bond acceptors (Lipinski definition) is 4. The van der Waals surface area contributed by atoms with Crippen LogP contribution in [-0.2, 0) is 9.53 Å². The van der Waals surface area contributed by atoms with E-state index >= 15 is 0 Å². The number of hydrogen-bond donors (Lipinski definition) is 0. The molecule has 0 aliphatic heterocycles. The molecule has 3 rings (SSSR count). The first-order valence-electron chi connectivity index (χ1n) is 9.04. The smallest absolute Gasteiger partial charge is 0.309 e. The molecule has 1 aliphatic rings. The lowest BCUT2D eigenvalue weighted by atomic mass is 10.1. The van der Waals surface area contributed by atoms with E-state index in [1.165, 1.54) is 0 Å². The van der Waals surface area contributed by atoms with Crippen LogP contribution in [-0.4, -0.2) is 29.5 Å². The molecule has 1 saturated carbocycles. The first-order chi connectivity index (χ1) is 12.4. The van der Waals surface area contributed by atoms with Crippen molar-refractivity contribution in [2.24, 2.45) is 11.8 Å². The second-order valence-electron chi connectivity index (χ2n) is 6.90. The third kappa shape index (κ3) is 3.66. The van der Waals surface area contributed by atoms with E-state index in [9.17, 15) is 9.59 Å². The number of carbonyl (C=O) groups excluding carboxylic acids is 2. The second-order valence-corrected chi connectivity index (χ2v) is 6.90. The van der Waals surface area contributed by atoms with Crippen LogP contribution in [0.25, 0.3) is 5.69 Å². The largest absolute Gasteiger partial charge is 0.494 e. The molecule has 0 radical (unpaired) electrons. The first kappa shape index (κ1) is 18.2. The maximum Gasteiger partial charge on any atom is 0.309 e. The summed E-state index contributed by atoms with van der Waals surface area (Å²) in [6.45, 7) is 8.24. The van der Waals surface area contributed by atoms with Gasteiger partial charge in [0.05, 0.1) is 12.5 Å². The molecule has 2 unspecified atom stereocenters. The molecule has 26 heavy (non-hydrogen) atoms. The Kier molecular flexibility index (Phi) is 5.16. The Balaban J connectivity index is 1.74. The fraction of sp³-hybridized carbons (Fsp3) is 0.429. The number of aromatic nitrogens is 1. The number of nitrogens with zero attached hydrogens (tertiary/aromatic N) is 1. The molecule has 1 aliphatic carbocycles. The van der Waals surface area contributed by atoms with E-state index in [-0.39, 0.29) is 24.3 Å². The van der Waals surface area contributed by atoms with Crippen molar-refractivity contribution < 1.29 is 19.1 Å². The van der Waals surface area contributed by atoms with Crippen LogP contribution in [0.4, 0.5) is 0 Å². The Morgan fingerprint density at radius 2 is 1.85 bits per heavy atom. The summed E-state index contributed by atoms with van der Waals surface area (Å²) in [6, 6.07) is 9.61. The lowest BCUT2D eigenvalue weighted by Gasteiger charge is -2.11. The predicted octanol–water partition coefficient (Wildman–Crippen LogP) is 3.87. The van der Waals surface area contributed by atoms with Gasteiger partial charge in [-0.2, -0.15) is 0 Å². The summed E-state index contributed by atoms with van der Waals surface area (Å²) >= 11 is 0. The molecule has 0 saturated heterocycles. The van der Waals surface area contributed by atoms with Gasteiger partial charge in [-0.3, -0.25) is 9.59 Å². The van der Waals surface area contributed by atoms with Gasteiger partial charge in [0.2, 0.25) is 5.78 Å². The number of aryl methyl sites for hydroxylation is 1. The lowest BCUT2D eigenvalue weighted by molar-refractivity contribution is -0.144. The Morgan fingerprint density at radius 3 is 2.42 bits per heavy atom. The lowest BCUT2D eigenvalue weighted by Crippen LogP contribution is -2.16. The highest BCUT2D eigenvalue weighted by Crippen LogP contribution is 2.38. The predicted molar refractivity (Wildman–Crippen MR) is 99.0 cm³/mol. The highest BCUT2D eigenvalue weighted by atomic mass is 16.5. The van der Waals surface area contributed by atoms with E-state index in [2.05, 4.69) is 0 Å². The number of esters is 1. The topological polar surface area (TPSA) is 57.5 Å². The third-order valence-corrected chi connectivity index (χ3v) is 4.90. The van der Waals surface area contributed by atoms with Crippen molar-refractivity contribution >= 4 is 11.8 Å². The molecule has 1 aromatic carbocycles. The fourth-order valence-corrected chi connectivity index (χ4v) is 3.27. The number of rotatable bonds is 7. The quantitative estimate of drug-likeness (QED) is 0.559. The fourth-order valence-electron chi connectivity index (χ4n) is 3.27. The maximum absolute atomic E-state index is 12.5. The Hall–Kier alpha value is -2.56. The standard InChI is InChI=1S/C21H25NO4/c1-5-25-17-8-6-16(7-9-17)22-14(3)11-19(15(22)4)20(23)12-26-21(24)18-10-13(18)2/h6-9,11,13,18H,5,10,12H2,1-4H3. The average Bonchev–Trinajstić information content (AvgIpc) is 3.28. The molecule has 1 heterocycles. The molecule has 2 atom stereocenters. The summed E-state index contributed by atoms with van der Waals surface area (Å²) in [6.07, 6.45) is 0.860. The van der Waals surface area contributed by atoms with Gasteiger partial charge in [-0.15, -0.1) is 0 Å². The van der Waals surface area contributed by atoms with Crippen LogP contribution in [0.1, 0.15) is 42.0 Å². The van der Waals surface area contributed by atoms with E-state index in [1.807, 2.05) is 62.6 Å². The summed E-state index contributed by atoms with van der Waals surface area (Å²) in [5.74, 6) is 0.737. The molecule has 0 amide bonds. The van der Waals surface area contributed by atoms with Crippen LogP contribution in [0, 0.1) is 25.7 Å². The number of Topliss-reactive ketones (excluding diaryl/α,β-unsaturated/α-hetero) is 1. The molecule has 138 valence electrons. The molecule has 1 fully saturated rings. The Morgan fingerprint density at radius 1 is 1.19 bits per heavy atom. The molecule has 5 nitrogen and oxygen atoms in total. The van der Waals surface area contributed by atoms with Gasteiger partial charge < -0.3 is 14.0 Å². The second kappa shape index (κ2) is 7.36. The van der Waals surface area contributed by atoms with Crippen molar-refractivity contribution in [2.75, 3.05) is 13.2 Å². The highest BCUT2D eigenvalue weighted by molar-refractivity contribution is 5.99. The molecule has 0 N–H and O–H groups in total. The SMILES string of the molecule is CCOc1ccc(-n2c(C)cc(C(=O)COC(=O)C3CC3C)c2C)cc1. The summed E-state index contributed by atoms with van der Waals surface area (Å²) in [5, 5.41) is 0. The van der Waals surface area contributed by atoms with Crippen LogP contribution in [0.2, 0.25) is 0 Å². The molecule has 0 bridgehead atoms. The van der Waals surface area contributed by atoms with E-state index in [0.29, 0.717) is 18.1 Å². The van der Waals surface area contributed by atoms with Crippen molar-refractivity contribution in [3.8, 4) is 11.4 Å². The zero-order chi connectivity index (χ0) is 18.8. The zero-order valence-corrected chi connectivity index (χ0v) is 15.7. The monoisotopic (exact) mass is 355 g/mol. The van der Waals surface area contributed by atoms with E-state index in [4.69, 9.17) is 9.47 Å². The number of benzene rings is 1. The van der Waals surface area contributed by atoms with Crippen molar-refractivity contribution in [2.45, 2.75) is 34.1 Å². The summed E-state index contributed by atoms with van der Waals surface area (Å²) in [7, 11) is 0. The molecular weight excluding hydrogens is 330 g/mol. The molecule has 0 spiro atoms. The Bertz CT molecular complexity index is 819. The minimum absolute atomic E-state index is 0.0286. The van der Waals surface area contributed by atoms with Gasteiger partial charge in [-0.05, 0) is 63.4 Å². The van der Waals surface area contributed by atoms with Crippen LogP contribution >= 0.6 is 0 Å². The van der Waals surface area contributed by atoms with Crippen molar-refractivity contribution in [3.63, 3.8) is 0 Å². The van der Waals surface area contributed by atoms with Crippen molar-refractivity contribution in [3.05, 3.63) is 47.3 Å². The summed E-state index contributed by atoms with van der Waals surface area (Å²) in [5.41, 5.74) is 3.35. The first-order valence-corrected chi connectivity index (χ1v) is 9.04. The van der Waals surface area contributed by atoms with Gasteiger partial charge in [-0.1, -0.05) is 6.92 Å². The highest BCUT2D eigenvalue weighted by Gasteiger charge is 2.40. The average molecular weight is 355 g/mol. The van der Waals surface area contributed by atoms with E-state index < -0.39 is 0 Å². The van der Waals surface area contributed by atoms with Gasteiger partial charge in [0.15, 0.2) is 6.61 Å². The zero-order valence-electron chi connectivity index (χ0n) is 15.7. The van der Waals surface area contributed by atoms with Crippen molar-refractivity contribution in [1.82, 2.24) is 4.57 Å². The normalized spacial score (nSPS) is 18.5. The third-order valence-electron chi connectivity index (χ3n) is 4.90.